The van der Waals surface area contributed by atoms with Gasteiger partial charge >= 0.3 is 17.6 Å². The Kier molecular flexibility index (Phi) is 31.0. The van der Waals surface area contributed by atoms with E-state index in [1.807, 2.05) is 159 Å². The third kappa shape index (κ3) is 23.9. The highest BCUT2D eigenvalue weighted by Crippen LogP contribution is 2.46. The van der Waals surface area contributed by atoms with Crippen LogP contribution in [0.25, 0.3) is 56.6 Å². The number of amidine groups is 3. The highest BCUT2D eigenvalue weighted by Gasteiger charge is 2.40. The first-order chi connectivity index (χ1) is 67.0. The van der Waals surface area contributed by atoms with Crippen LogP contribution in [0.15, 0.2) is 375 Å². The lowest BCUT2D eigenvalue weighted by molar-refractivity contribution is -0.394. The molecule has 1 atom stereocenters. The maximum absolute atomic E-state index is 13.4. The molecule has 3 fully saturated rings. The molecule has 12 aromatic carbocycles. The molecule has 1 unspecified atom stereocenters. The van der Waals surface area contributed by atoms with Gasteiger partial charge in [-0.3, -0.25) is 79.8 Å². The van der Waals surface area contributed by atoms with Crippen molar-refractivity contribution in [1.29, 1.82) is 5.41 Å². The van der Waals surface area contributed by atoms with Crippen LogP contribution in [-0.2, 0) is 20.8 Å². The highest BCUT2D eigenvalue weighted by atomic mass is 79.9. The summed E-state index contributed by atoms with van der Waals surface area (Å²) in [5.41, 5.74) is 7.98. The Labute approximate surface area is 826 Å². The number of carboxylic acid groups (broad SMARTS) is 2. The highest BCUT2D eigenvalue weighted by molar-refractivity contribution is 9.11. The molecule has 3 aliphatic heterocycles. The van der Waals surface area contributed by atoms with Crippen molar-refractivity contribution in [1.82, 2.24) is 9.97 Å². The lowest BCUT2D eigenvalue weighted by Gasteiger charge is -2.15. The number of aromatic carboxylic acids is 2. The summed E-state index contributed by atoms with van der Waals surface area (Å²) >= 11 is 13.6. The fourth-order valence-corrected chi connectivity index (χ4v) is 18.6. The molecule has 690 valence electrons. The van der Waals surface area contributed by atoms with Crippen LogP contribution >= 0.6 is 83.1 Å². The molecule has 4 aromatic heterocycles. The first kappa shape index (κ1) is 97.1. The molecule has 7 heterocycles. The first-order valence-corrected chi connectivity index (χ1v) is 46.2. The molecule has 0 radical (unpaired) electrons. The van der Waals surface area contributed by atoms with Crippen molar-refractivity contribution in [2.75, 3.05) is 14.7 Å². The number of nitro groups is 3. The van der Waals surface area contributed by atoms with Crippen molar-refractivity contribution in [3.63, 3.8) is 0 Å². The summed E-state index contributed by atoms with van der Waals surface area (Å²) in [5, 5.41) is 81.5. The normalized spacial score (nSPS) is 14.5. The second-order valence-electron chi connectivity index (χ2n) is 29.8. The summed E-state index contributed by atoms with van der Waals surface area (Å²) < 4.78 is 32.1. The number of benzene rings is 12. The number of non-ortho nitro benzene ring substituents is 2. The van der Waals surface area contributed by atoms with E-state index >= 15 is 0 Å². The number of carbonyl (C=O) groups excluding carboxylic acids is 3. The van der Waals surface area contributed by atoms with E-state index in [2.05, 4.69) is 67.7 Å². The smallest absolute Gasteiger partial charge is 0.336 e. The van der Waals surface area contributed by atoms with Gasteiger partial charge in [0.05, 0.1) is 95.6 Å². The zero-order valence-corrected chi connectivity index (χ0v) is 79.1. The number of carbonyl (C=O) groups is 5. The average Bonchev–Trinajstić information content (AvgIpc) is 1.43. The molecule has 0 bridgehead atoms. The number of rotatable bonds is 20. The van der Waals surface area contributed by atoms with Crippen molar-refractivity contribution in [3.8, 4) is 45.6 Å². The molecular weight excluding hydrogens is 2040 g/mol. The topological polar surface area (TPSA) is 428 Å². The van der Waals surface area contributed by atoms with Gasteiger partial charge in [0.15, 0.2) is 21.3 Å². The number of para-hydroxylation sites is 4. The maximum atomic E-state index is 13.4. The number of aromatic hydroxyl groups is 2. The number of thioether (sulfide) groups is 3. The van der Waals surface area contributed by atoms with Crippen molar-refractivity contribution < 1.29 is 77.1 Å². The largest absolute Gasteiger partial charge is 0.508 e. The first-order valence-electron chi connectivity index (χ1n) is 41.3. The number of aromatic nitrogens is 2. The number of halogens is 4. The summed E-state index contributed by atoms with van der Waals surface area (Å²) in [6.07, 6.45) is 6.78. The molecular formula is C102H68Br3FN12O18S3. The predicted molar refractivity (Wildman–Crippen MR) is 546 cm³/mol. The van der Waals surface area contributed by atoms with E-state index in [9.17, 15) is 79.1 Å². The minimum atomic E-state index is -1.03. The van der Waals surface area contributed by atoms with E-state index in [1.165, 1.54) is 101 Å². The number of ether oxygens (including phenoxy) is 1. The van der Waals surface area contributed by atoms with Crippen molar-refractivity contribution >= 4 is 220 Å². The number of nitro benzene ring substituents is 3. The van der Waals surface area contributed by atoms with Gasteiger partial charge in [0.25, 0.3) is 23.2 Å². The number of hydrogen-bond donors (Lipinski definition) is 5. The van der Waals surface area contributed by atoms with Crippen LogP contribution in [0.2, 0.25) is 0 Å². The fraction of sp³-hybridized carbons (Fsp3) is 0.0294. The van der Waals surface area contributed by atoms with E-state index in [0.29, 0.717) is 87.8 Å². The van der Waals surface area contributed by atoms with Gasteiger partial charge in [-0.1, -0.05) is 155 Å². The summed E-state index contributed by atoms with van der Waals surface area (Å²) in [7, 11) is 0. The Bertz CT molecular complexity index is 7640. The van der Waals surface area contributed by atoms with Crippen LogP contribution in [-0.4, -0.2) is 102 Å². The van der Waals surface area contributed by atoms with Crippen LogP contribution < -0.4 is 19.4 Å². The number of carboxylic acids is 2. The number of phenols is 2. The minimum Gasteiger partial charge on any atom is -0.508 e. The zero-order chi connectivity index (χ0) is 98.1. The quantitative estimate of drug-likeness (QED) is 0.0205. The summed E-state index contributed by atoms with van der Waals surface area (Å²) in [6, 6.07) is 90.3. The van der Waals surface area contributed by atoms with E-state index < -0.39 is 38.1 Å². The Balaban J connectivity index is 0.000000133. The van der Waals surface area contributed by atoms with Gasteiger partial charge in [-0.05, 0) is 244 Å². The van der Waals surface area contributed by atoms with Gasteiger partial charge < -0.3 is 34.0 Å². The molecule has 0 spiro atoms. The number of amides is 3. The standard InChI is InChI=1S/2C27H18N2O4S.C17H12BrN3O3.C16H13FN2O2S.C15H7Br2N3O5/c30-25-24(17-22-14-15-23(33-22)18-8-7-9-19(16-18)26(31)32)34-27(28-20-10-3-1-4-11-20)29(25)21-12-5-2-6-13-21;30-25-24(17-20-15-16-23(33-20)21-13-7-8-14-22(21)26(31)32)34-27(28-18-9-3-1-4-10-18)29(25)19-11-5-2-6-12-19;1-10-2-3-11-6-13(4-5-16(11)20-10)19-9-12-7-14(21(23)24)8-15(18)17(12)22;17-11-3-5-12(6-4-11)19-15(21)14(22-16(19)18)9-10-1-7-13(20)8-2-10;16-10-7-11(17)15(14-9(10)2-1-5-18-14)25-13-4-3-8(19(21)22)6-12(13)20(23)24/h2*1-17H,(H,31,32);2-9,22H,1H3;1-8,14,18,20H,9H2;1-7H/b2*24-17-,28-27?;;;. The average molecular weight is 2100 g/mol. The number of nitrogens with one attached hydrogen (secondary N) is 1. The molecule has 37 heteroatoms. The number of phenolic OH excluding ortho intramolecular Hbond substituents is 2. The molecule has 3 amide bonds. The number of nitrogens with zero attached hydrogens (tertiary/aromatic N) is 11. The number of fused-ring (bicyclic) bond motifs is 2. The van der Waals surface area contributed by atoms with Gasteiger partial charge in [0.1, 0.15) is 45.9 Å². The van der Waals surface area contributed by atoms with Crippen LogP contribution in [0, 0.1) is 48.5 Å². The molecule has 19 rings (SSSR count). The summed E-state index contributed by atoms with van der Waals surface area (Å²) in [6.45, 7) is 1.93. The predicted octanol–water partition coefficient (Wildman–Crippen LogP) is 26.1. The van der Waals surface area contributed by atoms with Gasteiger partial charge in [-0.2, -0.15) is 0 Å². The molecule has 30 nitrogen and oxygen atoms in total. The molecule has 3 saturated heterocycles. The molecule has 16 aromatic rings. The Morgan fingerprint density at radius 1 is 0.554 bits per heavy atom. The summed E-state index contributed by atoms with van der Waals surface area (Å²) in [4.78, 5) is 121. The third-order valence-electron chi connectivity index (χ3n) is 20.4. The lowest BCUT2D eigenvalue weighted by Crippen LogP contribution is -2.32. The Morgan fingerprint density at radius 3 is 1.73 bits per heavy atom. The molecule has 139 heavy (non-hydrogen) atoms. The van der Waals surface area contributed by atoms with E-state index in [1.54, 1.807) is 131 Å². The molecule has 3 aliphatic rings. The third-order valence-corrected chi connectivity index (χ3v) is 25.2. The van der Waals surface area contributed by atoms with E-state index in [-0.39, 0.29) is 83.8 Å². The van der Waals surface area contributed by atoms with Gasteiger partial charge in [0, 0.05) is 80.4 Å². The minimum absolute atomic E-state index is 0.0950. The van der Waals surface area contributed by atoms with E-state index in [0.717, 1.165) is 61.2 Å². The number of aryl methyl sites for hydroxylation is 1. The Morgan fingerprint density at radius 2 is 1.14 bits per heavy atom. The number of aliphatic imine (C=N–C) groups is 3. The zero-order valence-electron chi connectivity index (χ0n) is 71.9. The number of anilines is 3. The van der Waals surface area contributed by atoms with E-state index in [4.69, 9.17) is 24.0 Å². The van der Waals surface area contributed by atoms with Crippen molar-refractivity contribution in [2.24, 2.45) is 15.0 Å². The molecule has 0 saturated carbocycles. The summed E-state index contributed by atoms with van der Waals surface area (Å²) in [5.74, 6) is -0.916. The van der Waals surface area contributed by atoms with Crippen molar-refractivity contribution in [2.45, 2.75) is 18.6 Å². The Hall–Kier alpha value is -16.5. The fourth-order valence-electron chi connectivity index (χ4n) is 13.8. The maximum Gasteiger partial charge on any atom is 0.336 e. The van der Waals surface area contributed by atoms with Crippen LogP contribution in [0.3, 0.4) is 0 Å². The van der Waals surface area contributed by atoms with Crippen LogP contribution in [0.1, 0.15) is 49.1 Å². The number of pyridine rings is 2. The van der Waals surface area contributed by atoms with Gasteiger partial charge in [0.2, 0.25) is 11.7 Å². The van der Waals surface area contributed by atoms with Gasteiger partial charge in [-0.15, -0.1) is 0 Å². The van der Waals surface area contributed by atoms with Crippen molar-refractivity contribution in [3.05, 3.63) is 427 Å². The number of hydrogen-bond acceptors (Lipinski definition) is 25. The molecule has 0 aliphatic carbocycles. The number of furan rings is 2. The lowest BCUT2D eigenvalue weighted by atomic mass is 10.1. The monoisotopic (exact) mass is 2100 g/mol. The second kappa shape index (κ2) is 44.4. The molecule has 5 N–H and O–H groups in total. The van der Waals surface area contributed by atoms with Crippen LogP contribution in [0.4, 0.5) is 55.6 Å². The SMILES string of the molecule is Cc1ccc2cc(N=Cc3cc([N+](=O)[O-])cc(Br)c3O)ccc2n1.N=C1SC(Cc2ccc(O)cc2)C(=O)N1c1ccc(F)cc1.O=C(O)c1cccc(-c2ccc(/C=C3\SC(=Nc4ccccc4)N(c4ccccc4)C3=O)o2)c1.O=C(O)c1ccccc1-c1ccc(/C=C2\SC(=Nc3ccccc3)N(c3ccccc3)C2=O)o1.O=[N+]([O-])c1ccc(Oc2c(Br)cc(Br)c3cccnc23)c([N+](=O)[O-])c1. The second-order valence-corrected chi connectivity index (χ2v) is 35.5. The van der Waals surface area contributed by atoms with Gasteiger partial charge in [-0.25, -0.2) is 24.0 Å². The van der Waals surface area contributed by atoms with Crippen LogP contribution in [0.5, 0.6) is 23.0 Å².